The van der Waals surface area contributed by atoms with E-state index in [0.717, 1.165) is 17.5 Å². The van der Waals surface area contributed by atoms with Gasteiger partial charge in [0.2, 0.25) is 0 Å². The lowest BCUT2D eigenvalue weighted by molar-refractivity contribution is 0.604. The third-order valence-corrected chi connectivity index (χ3v) is 7.51. The molecule has 0 fully saturated rings. The Hall–Kier alpha value is -2.72. The second-order valence-corrected chi connectivity index (χ2v) is 11.8. The molecule has 2 aromatic heterocycles. The van der Waals surface area contributed by atoms with Gasteiger partial charge in [0.05, 0.1) is 17.6 Å². The first kappa shape index (κ1) is 24.9. The van der Waals surface area contributed by atoms with Crippen molar-refractivity contribution >= 4 is 37.0 Å². The number of anilines is 3. The van der Waals surface area contributed by atoms with Crippen molar-refractivity contribution in [3.8, 4) is 0 Å². The summed E-state index contributed by atoms with van der Waals surface area (Å²) < 4.78 is 55.2. The molecule has 10 heteroatoms. The Morgan fingerprint density at radius 1 is 1.09 bits per heavy atom. The van der Waals surface area contributed by atoms with Gasteiger partial charge in [-0.15, -0.1) is 0 Å². The maximum atomic E-state index is 14.9. The second kappa shape index (κ2) is 10.5. The van der Waals surface area contributed by atoms with E-state index in [4.69, 9.17) is 0 Å². The van der Waals surface area contributed by atoms with E-state index in [1.807, 2.05) is 13.0 Å². The molecule has 0 atom stereocenters. The van der Waals surface area contributed by atoms with E-state index < -0.39 is 14.9 Å². The lowest BCUT2D eigenvalue weighted by Gasteiger charge is -2.15. The Balaban J connectivity index is 1.84. The quantitative estimate of drug-likeness (QED) is 0.378. The van der Waals surface area contributed by atoms with Crippen molar-refractivity contribution in [3.63, 3.8) is 0 Å². The first-order chi connectivity index (χ1) is 15.6. The molecule has 33 heavy (non-hydrogen) atoms. The zero-order valence-electron chi connectivity index (χ0n) is 18.8. The molecular weight excluding hydrogens is 466 g/mol. The van der Waals surface area contributed by atoms with Gasteiger partial charge in [-0.1, -0.05) is 19.9 Å². The largest absolute Gasteiger partial charge is 0.352 e. The maximum absolute atomic E-state index is 14.9. The van der Waals surface area contributed by atoms with E-state index in [1.165, 1.54) is 24.6 Å². The Morgan fingerprint density at radius 3 is 2.52 bits per heavy atom. The SMILES string of the molecule is CSS(=O)(=O)Nc1nccc(Cc2cncc(Nc3ccc(CC(C)C)cc3F)c2C)c1F. The van der Waals surface area contributed by atoms with Gasteiger partial charge < -0.3 is 5.32 Å². The summed E-state index contributed by atoms with van der Waals surface area (Å²) in [6.45, 7) is 5.99. The van der Waals surface area contributed by atoms with Crippen molar-refractivity contribution in [1.82, 2.24) is 9.97 Å². The van der Waals surface area contributed by atoms with Gasteiger partial charge in [-0.3, -0.25) is 9.71 Å². The summed E-state index contributed by atoms with van der Waals surface area (Å²) in [5.74, 6) is -1.04. The minimum atomic E-state index is -3.74. The number of aromatic nitrogens is 2. The average Bonchev–Trinajstić information content (AvgIpc) is 2.75. The van der Waals surface area contributed by atoms with Gasteiger partial charge in [0.15, 0.2) is 11.6 Å². The van der Waals surface area contributed by atoms with Crippen molar-refractivity contribution in [3.05, 3.63) is 76.7 Å². The molecule has 0 spiro atoms. The predicted molar refractivity (Wildman–Crippen MR) is 130 cm³/mol. The fourth-order valence-corrected chi connectivity index (χ4v) is 4.28. The molecule has 176 valence electrons. The van der Waals surface area contributed by atoms with E-state index >= 15 is 0 Å². The first-order valence-corrected chi connectivity index (χ1v) is 13.5. The van der Waals surface area contributed by atoms with E-state index in [-0.39, 0.29) is 23.6 Å². The van der Waals surface area contributed by atoms with Crippen molar-refractivity contribution in [2.75, 3.05) is 16.3 Å². The summed E-state index contributed by atoms with van der Waals surface area (Å²) in [6, 6.07) is 6.60. The van der Waals surface area contributed by atoms with Gasteiger partial charge in [-0.2, -0.15) is 8.42 Å². The van der Waals surface area contributed by atoms with Gasteiger partial charge in [-0.25, -0.2) is 13.8 Å². The van der Waals surface area contributed by atoms with Gasteiger partial charge in [-0.05, 0) is 76.8 Å². The number of nitrogens with one attached hydrogen (secondary N) is 2. The second-order valence-electron chi connectivity index (χ2n) is 8.04. The molecular formula is C23H26F2N4O2S2. The van der Waals surface area contributed by atoms with Crippen molar-refractivity contribution in [2.24, 2.45) is 5.92 Å². The molecule has 0 aliphatic carbocycles. The Bertz CT molecular complexity index is 1250. The number of rotatable bonds is 9. The van der Waals surface area contributed by atoms with Crippen LogP contribution in [0.15, 0.2) is 42.9 Å². The Morgan fingerprint density at radius 2 is 1.85 bits per heavy atom. The van der Waals surface area contributed by atoms with Gasteiger partial charge in [0.1, 0.15) is 5.82 Å². The molecule has 2 N–H and O–H groups in total. The summed E-state index contributed by atoms with van der Waals surface area (Å²) in [7, 11) is -3.19. The standard InChI is InChI=1S/C23H26F2N4O2S2/c1-14(2)9-16-5-6-20(19(24)10-16)28-21-13-26-12-18(15(21)3)11-17-7-8-27-23(22(17)25)29-33(30,31)32-4/h5-8,10,12-14,28H,9,11H2,1-4H3,(H,27,29). The average molecular weight is 493 g/mol. The number of hydrogen-bond donors (Lipinski definition) is 2. The molecule has 6 nitrogen and oxygen atoms in total. The van der Waals surface area contributed by atoms with Crippen LogP contribution in [0.3, 0.4) is 0 Å². The lowest BCUT2D eigenvalue weighted by Crippen LogP contribution is -2.11. The molecule has 3 rings (SSSR count). The van der Waals surface area contributed by atoms with Crippen LogP contribution in [0.4, 0.5) is 26.0 Å². The van der Waals surface area contributed by atoms with Crippen LogP contribution in [-0.2, 0) is 21.9 Å². The number of hydrogen-bond acceptors (Lipinski definition) is 6. The van der Waals surface area contributed by atoms with E-state index in [0.29, 0.717) is 33.7 Å². The molecule has 0 saturated carbocycles. The number of nitrogens with zero attached hydrogens (tertiary/aromatic N) is 2. The van der Waals surface area contributed by atoms with E-state index in [2.05, 4.69) is 33.9 Å². The van der Waals surface area contributed by atoms with Crippen LogP contribution < -0.4 is 10.0 Å². The monoisotopic (exact) mass is 492 g/mol. The lowest BCUT2D eigenvalue weighted by atomic mass is 10.0. The third-order valence-electron chi connectivity index (χ3n) is 5.06. The summed E-state index contributed by atoms with van der Waals surface area (Å²) >= 11 is 0. The molecule has 0 amide bonds. The fraction of sp³-hybridized carbons (Fsp3) is 0.304. The summed E-state index contributed by atoms with van der Waals surface area (Å²) in [5, 5.41) is 3.07. The van der Waals surface area contributed by atoms with Crippen LogP contribution in [-0.4, -0.2) is 24.6 Å². The van der Waals surface area contributed by atoms with Crippen LogP contribution in [0.2, 0.25) is 0 Å². The van der Waals surface area contributed by atoms with Crippen LogP contribution in [0, 0.1) is 24.5 Å². The molecule has 0 bridgehead atoms. The molecule has 0 saturated heterocycles. The number of benzene rings is 1. The molecule has 2 heterocycles. The molecule has 0 unspecified atom stereocenters. The van der Waals surface area contributed by atoms with Crippen LogP contribution in [0.1, 0.15) is 36.1 Å². The normalized spacial score (nSPS) is 11.6. The summed E-state index contributed by atoms with van der Waals surface area (Å²) in [5.41, 5.74) is 3.60. The smallest absolute Gasteiger partial charge is 0.287 e. The summed E-state index contributed by atoms with van der Waals surface area (Å²) in [4.78, 5) is 8.01. The predicted octanol–water partition coefficient (Wildman–Crippen LogP) is 5.62. The van der Waals surface area contributed by atoms with Crippen molar-refractivity contribution in [1.29, 1.82) is 0 Å². The van der Waals surface area contributed by atoms with Crippen molar-refractivity contribution in [2.45, 2.75) is 33.6 Å². The zero-order chi connectivity index (χ0) is 24.2. The van der Waals surface area contributed by atoms with Crippen LogP contribution in [0.25, 0.3) is 0 Å². The molecule has 0 aliphatic heterocycles. The fourth-order valence-electron chi connectivity index (χ4n) is 3.33. The van der Waals surface area contributed by atoms with E-state index in [1.54, 1.807) is 18.5 Å². The van der Waals surface area contributed by atoms with Gasteiger partial charge in [0, 0.05) is 18.8 Å². The highest BCUT2D eigenvalue weighted by Crippen LogP contribution is 2.28. The minimum Gasteiger partial charge on any atom is -0.352 e. The van der Waals surface area contributed by atoms with Crippen molar-refractivity contribution < 1.29 is 17.2 Å². The van der Waals surface area contributed by atoms with Crippen LogP contribution in [0.5, 0.6) is 0 Å². The minimum absolute atomic E-state index is 0.159. The Labute approximate surface area is 196 Å². The maximum Gasteiger partial charge on any atom is 0.287 e. The first-order valence-electron chi connectivity index (χ1n) is 10.3. The topological polar surface area (TPSA) is 84.0 Å². The van der Waals surface area contributed by atoms with Gasteiger partial charge in [0.25, 0.3) is 9.06 Å². The van der Waals surface area contributed by atoms with E-state index in [9.17, 15) is 17.2 Å². The van der Waals surface area contributed by atoms with Crippen LogP contribution >= 0.6 is 10.8 Å². The molecule has 0 radical (unpaired) electrons. The van der Waals surface area contributed by atoms with Gasteiger partial charge >= 0.3 is 0 Å². The highest BCUT2D eigenvalue weighted by Gasteiger charge is 2.17. The Kier molecular flexibility index (Phi) is 7.91. The zero-order valence-corrected chi connectivity index (χ0v) is 20.4. The number of pyridine rings is 2. The third kappa shape index (κ3) is 6.42. The molecule has 0 aliphatic rings. The number of halogens is 2. The molecule has 1 aromatic carbocycles. The molecule has 3 aromatic rings. The highest BCUT2D eigenvalue weighted by atomic mass is 33.1. The highest BCUT2D eigenvalue weighted by molar-refractivity contribution is 8.72. The summed E-state index contributed by atoms with van der Waals surface area (Å²) in [6.07, 6.45) is 6.86.